The molecule has 0 bridgehead atoms. The van der Waals surface area contributed by atoms with E-state index < -0.39 is 27.8 Å². The van der Waals surface area contributed by atoms with E-state index in [0.717, 1.165) is 6.26 Å². The molecule has 2 aromatic carbocycles. The Labute approximate surface area is 142 Å². The van der Waals surface area contributed by atoms with Crippen LogP contribution in [0.25, 0.3) is 16.9 Å². The smallest absolute Gasteiger partial charge is 0.233 e. The van der Waals surface area contributed by atoms with E-state index in [4.69, 9.17) is 0 Å². The minimum absolute atomic E-state index is 0.112. The normalized spacial score (nSPS) is 11.9. The van der Waals surface area contributed by atoms with Crippen LogP contribution in [0, 0.1) is 5.82 Å². The lowest BCUT2D eigenvalue weighted by molar-refractivity contribution is 0.145. The third-order valence-corrected chi connectivity index (χ3v) is 4.73. The highest BCUT2D eigenvalue weighted by molar-refractivity contribution is 7.90. The van der Waals surface area contributed by atoms with Crippen molar-refractivity contribution in [3.05, 3.63) is 66.1 Å². The molecule has 0 fully saturated rings. The molecule has 0 N–H and O–H groups in total. The number of hydrogen-bond acceptors (Lipinski definition) is 3. The molecule has 3 aromatic rings. The Morgan fingerprint density at radius 1 is 1.00 bits per heavy atom. The molecule has 1 heterocycles. The predicted molar refractivity (Wildman–Crippen MR) is 87.0 cm³/mol. The number of sulfone groups is 1. The van der Waals surface area contributed by atoms with Crippen molar-refractivity contribution in [3.63, 3.8) is 0 Å². The first-order chi connectivity index (χ1) is 11.8. The van der Waals surface area contributed by atoms with Crippen molar-refractivity contribution in [2.75, 3.05) is 6.26 Å². The molecule has 0 aliphatic carbocycles. The van der Waals surface area contributed by atoms with Gasteiger partial charge in [0.1, 0.15) is 11.5 Å². The van der Waals surface area contributed by atoms with Crippen molar-refractivity contribution in [1.82, 2.24) is 9.78 Å². The van der Waals surface area contributed by atoms with Gasteiger partial charge in [0.2, 0.25) is 0 Å². The first kappa shape index (κ1) is 17.2. The maximum atomic E-state index is 13.1. The van der Waals surface area contributed by atoms with Crippen LogP contribution in [0.1, 0.15) is 12.1 Å². The second-order valence-electron chi connectivity index (χ2n) is 5.44. The molecule has 1 aromatic heterocycles. The molecule has 0 aliphatic heterocycles. The number of hydrogen-bond donors (Lipinski definition) is 0. The Balaban J connectivity index is 2.13. The van der Waals surface area contributed by atoms with Crippen LogP contribution < -0.4 is 0 Å². The van der Waals surface area contributed by atoms with Gasteiger partial charge >= 0.3 is 0 Å². The number of benzene rings is 2. The molecular formula is C17H13F3N2O2S. The molecule has 0 saturated heterocycles. The largest absolute Gasteiger partial charge is 0.282 e. The number of aromatic nitrogens is 2. The summed E-state index contributed by atoms with van der Waals surface area (Å²) in [5.74, 6) is -0.443. The minimum Gasteiger partial charge on any atom is -0.233 e. The molecule has 0 spiro atoms. The molecule has 0 aliphatic rings. The van der Waals surface area contributed by atoms with Gasteiger partial charge in [0.25, 0.3) is 6.43 Å². The second-order valence-corrected chi connectivity index (χ2v) is 7.46. The summed E-state index contributed by atoms with van der Waals surface area (Å²) in [6, 6.07) is 12.3. The van der Waals surface area contributed by atoms with Crippen molar-refractivity contribution in [2.24, 2.45) is 0 Å². The maximum absolute atomic E-state index is 13.1. The minimum atomic E-state index is -3.37. The van der Waals surface area contributed by atoms with Crippen molar-refractivity contribution >= 4 is 9.84 Å². The Morgan fingerprint density at radius 3 is 2.12 bits per heavy atom. The lowest BCUT2D eigenvalue weighted by atomic mass is 10.1. The summed E-state index contributed by atoms with van der Waals surface area (Å²) in [6.07, 6.45) is -1.69. The molecule has 0 unspecified atom stereocenters. The van der Waals surface area contributed by atoms with Crippen molar-refractivity contribution < 1.29 is 21.6 Å². The zero-order valence-corrected chi connectivity index (χ0v) is 13.8. The van der Waals surface area contributed by atoms with E-state index in [0.29, 0.717) is 16.9 Å². The van der Waals surface area contributed by atoms with Crippen molar-refractivity contribution in [1.29, 1.82) is 0 Å². The molecule has 0 radical (unpaired) electrons. The molecule has 0 saturated carbocycles. The van der Waals surface area contributed by atoms with Crippen LogP contribution in [0.3, 0.4) is 0 Å². The highest BCUT2D eigenvalue weighted by Crippen LogP contribution is 2.28. The highest BCUT2D eigenvalue weighted by atomic mass is 32.2. The average Bonchev–Trinajstić information content (AvgIpc) is 3.00. The van der Waals surface area contributed by atoms with E-state index in [1.54, 1.807) is 0 Å². The van der Waals surface area contributed by atoms with Crippen LogP contribution in [0.4, 0.5) is 13.2 Å². The van der Waals surface area contributed by atoms with Gasteiger partial charge < -0.3 is 0 Å². The van der Waals surface area contributed by atoms with Gasteiger partial charge in [-0.15, -0.1) is 0 Å². The molecule has 8 heteroatoms. The Morgan fingerprint density at radius 2 is 1.60 bits per heavy atom. The van der Waals surface area contributed by atoms with E-state index in [9.17, 15) is 21.6 Å². The Bertz CT molecular complexity index is 995. The van der Waals surface area contributed by atoms with Crippen LogP contribution in [0.2, 0.25) is 0 Å². The van der Waals surface area contributed by atoms with Crippen LogP contribution >= 0.6 is 0 Å². The molecule has 3 rings (SSSR count). The molecule has 0 amide bonds. The summed E-state index contributed by atoms with van der Waals surface area (Å²) in [5.41, 5.74) is 0.848. The fourth-order valence-corrected chi connectivity index (χ4v) is 2.99. The fourth-order valence-electron chi connectivity index (χ4n) is 2.36. The Kier molecular flexibility index (Phi) is 4.38. The first-order valence-corrected chi connectivity index (χ1v) is 9.09. The number of alkyl halides is 2. The molecule has 25 heavy (non-hydrogen) atoms. The molecule has 130 valence electrons. The maximum Gasteiger partial charge on any atom is 0.282 e. The van der Waals surface area contributed by atoms with Gasteiger partial charge in [-0.05, 0) is 54.6 Å². The SMILES string of the molecule is CS(=O)(=O)c1ccc(-n2nc(C(F)F)cc2-c2ccc(F)cc2)cc1. The van der Waals surface area contributed by atoms with Crippen LogP contribution in [0.15, 0.2) is 59.5 Å². The molecule has 0 atom stereocenters. The van der Waals surface area contributed by atoms with Gasteiger partial charge in [0.05, 0.1) is 16.3 Å². The van der Waals surface area contributed by atoms with Crippen LogP contribution in [-0.2, 0) is 9.84 Å². The van der Waals surface area contributed by atoms with Gasteiger partial charge in [-0.2, -0.15) is 5.10 Å². The fraction of sp³-hybridized carbons (Fsp3) is 0.118. The summed E-state index contributed by atoms with van der Waals surface area (Å²) >= 11 is 0. The number of rotatable bonds is 4. The van der Waals surface area contributed by atoms with Gasteiger partial charge in [0.15, 0.2) is 9.84 Å². The molecule has 4 nitrogen and oxygen atoms in total. The average molecular weight is 366 g/mol. The van der Waals surface area contributed by atoms with Crippen molar-refractivity contribution in [2.45, 2.75) is 11.3 Å². The second kappa shape index (κ2) is 6.36. The third kappa shape index (κ3) is 3.58. The summed E-state index contributed by atoms with van der Waals surface area (Å²) in [6.45, 7) is 0. The number of halogens is 3. The van der Waals surface area contributed by atoms with Gasteiger partial charge in [-0.1, -0.05) is 0 Å². The number of nitrogens with zero attached hydrogens (tertiary/aromatic N) is 2. The van der Waals surface area contributed by atoms with E-state index >= 15 is 0 Å². The zero-order valence-electron chi connectivity index (χ0n) is 13.0. The summed E-state index contributed by atoms with van der Waals surface area (Å²) in [5, 5.41) is 3.89. The van der Waals surface area contributed by atoms with Crippen molar-refractivity contribution in [3.8, 4) is 16.9 Å². The van der Waals surface area contributed by atoms with E-state index in [2.05, 4.69) is 5.10 Å². The van der Waals surface area contributed by atoms with Crippen LogP contribution in [0.5, 0.6) is 0 Å². The summed E-state index contributed by atoms with van der Waals surface area (Å²) < 4.78 is 63.6. The quantitative estimate of drug-likeness (QED) is 0.701. The zero-order chi connectivity index (χ0) is 18.2. The monoisotopic (exact) mass is 366 g/mol. The van der Waals surface area contributed by atoms with Gasteiger partial charge in [-0.3, -0.25) is 0 Å². The topological polar surface area (TPSA) is 52.0 Å². The first-order valence-electron chi connectivity index (χ1n) is 7.20. The summed E-state index contributed by atoms with van der Waals surface area (Å²) in [7, 11) is -3.37. The molecular weight excluding hydrogens is 353 g/mol. The van der Waals surface area contributed by atoms with Gasteiger partial charge in [-0.25, -0.2) is 26.3 Å². The van der Waals surface area contributed by atoms with E-state index in [-0.39, 0.29) is 4.90 Å². The van der Waals surface area contributed by atoms with Crippen LogP contribution in [-0.4, -0.2) is 24.5 Å². The summed E-state index contributed by atoms with van der Waals surface area (Å²) in [4.78, 5) is 0.112. The Hall–Kier alpha value is -2.61. The lowest BCUT2D eigenvalue weighted by Crippen LogP contribution is -2.02. The predicted octanol–water partition coefficient (Wildman–Crippen LogP) is 4.02. The van der Waals surface area contributed by atoms with E-state index in [1.165, 1.54) is 59.3 Å². The lowest BCUT2D eigenvalue weighted by Gasteiger charge is -2.08. The highest BCUT2D eigenvalue weighted by Gasteiger charge is 2.18. The standard InChI is InChI=1S/C17H13F3N2O2S/c1-25(23,24)14-8-6-13(7-9-14)22-16(10-15(21-22)17(19)20)11-2-4-12(18)5-3-11/h2-10,17H,1H3. The third-order valence-electron chi connectivity index (χ3n) is 3.60. The van der Waals surface area contributed by atoms with E-state index in [1.807, 2.05) is 0 Å². The van der Waals surface area contributed by atoms with Gasteiger partial charge in [0, 0.05) is 11.8 Å².